The van der Waals surface area contributed by atoms with Crippen LogP contribution in [-0.4, -0.2) is 15.5 Å². The molecule has 2 aromatic carbocycles. The Kier molecular flexibility index (Phi) is 6.48. The van der Waals surface area contributed by atoms with Crippen LogP contribution in [0.1, 0.15) is 31.1 Å². The van der Waals surface area contributed by atoms with Crippen molar-refractivity contribution >= 4 is 56.7 Å². The van der Waals surface area contributed by atoms with Crippen molar-refractivity contribution in [2.45, 2.75) is 33.2 Å². The lowest BCUT2D eigenvalue weighted by atomic mass is 10.1. The Balaban J connectivity index is 0.00000109. The third-order valence-electron chi connectivity index (χ3n) is 4.43. The molecule has 28 heavy (non-hydrogen) atoms. The molecule has 146 valence electrons. The first-order valence-electron chi connectivity index (χ1n) is 9.02. The number of carbonyl (C=O) groups is 1. The van der Waals surface area contributed by atoms with E-state index in [1.54, 1.807) is 29.3 Å². The smallest absolute Gasteiger partial charge is 0.257 e. The molecule has 1 aromatic heterocycles. The largest absolute Gasteiger partial charge is 0.301 e. The van der Waals surface area contributed by atoms with Gasteiger partial charge in [-0.15, -0.1) is 0 Å². The van der Waals surface area contributed by atoms with E-state index in [9.17, 15) is 4.79 Å². The molecule has 4 nitrogen and oxygen atoms in total. The normalized spacial score (nSPS) is 15.3. The van der Waals surface area contributed by atoms with E-state index in [2.05, 4.69) is 20.9 Å². The second-order valence-electron chi connectivity index (χ2n) is 6.22. The SMILES string of the molecule is CC.Cc1cnc2n1C(Cc1ccc(Br)cc1)C(=O)N2c1cc(Cl)cc(Cl)c1. The molecule has 0 N–H and O–H groups in total. The molecule has 1 unspecified atom stereocenters. The Hall–Kier alpha value is -1.82. The zero-order valence-electron chi connectivity index (χ0n) is 15.8. The quantitative estimate of drug-likeness (QED) is 0.415. The zero-order valence-corrected chi connectivity index (χ0v) is 18.9. The van der Waals surface area contributed by atoms with Gasteiger partial charge in [-0.2, -0.15) is 0 Å². The lowest BCUT2D eigenvalue weighted by molar-refractivity contribution is -0.119. The fraction of sp³-hybridized carbons (Fsp3) is 0.238. The summed E-state index contributed by atoms with van der Waals surface area (Å²) in [7, 11) is 0. The van der Waals surface area contributed by atoms with Gasteiger partial charge in [-0.3, -0.25) is 4.79 Å². The van der Waals surface area contributed by atoms with Crippen molar-refractivity contribution in [2.24, 2.45) is 0 Å². The van der Waals surface area contributed by atoms with Crippen LogP contribution < -0.4 is 4.90 Å². The number of halogens is 3. The number of aromatic nitrogens is 2. The van der Waals surface area contributed by atoms with Gasteiger partial charge >= 0.3 is 0 Å². The first-order valence-corrected chi connectivity index (χ1v) is 10.6. The van der Waals surface area contributed by atoms with E-state index in [0.29, 0.717) is 28.1 Å². The minimum Gasteiger partial charge on any atom is -0.301 e. The van der Waals surface area contributed by atoms with E-state index in [0.717, 1.165) is 15.7 Å². The summed E-state index contributed by atoms with van der Waals surface area (Å²) in [5.41, 5.74) is 2.64. The molecule has 1 aliphatic rings. The van der Waals surface area contributed by atoms with Crippen molar-refractivity contribution in [3.05, 3.63) is 74.4 Å². The standard InChI is InChI=1S/C19H14BrCl2N3O.C2H6/c1-11-10-23-19-24(11)17(6-12-2-4-13(20)5-3-12)18(26)25(19)16-8-14(21)7-15(22)9-16;1-2/h2-5,7-10,17H,6H2,1H3;1-2H3. The van der Waals surface area contributed by atoms with Crippen molar-refractivity contribution in [1.29, 1.82) is 0 Å². The molecule has 0 fully saturated rings. The van der Waals surface area contributed by atoms with E-state index in [-0.39, 0.29) is 11.9 Å². The van der Waals surface area contributed by atoms with Crippen LogP contribution in [0.15, 0.2) is 53.1 Å². The molecule has 0 spiro atoms. The topological polar surface area (TPSA) is 38.1 Å². The highest BCUT2D eigenvalue weighted by molar-refractivity contribution is 9.10. The summed E-state index contributed by atoms with van der Waals surface area (Å²) in [6.45, 7) is 5.95. The molecule has 3 aromatic rings. The average Bonchev–Trinajstić information content (AvgIpc) is 3.16. The number of anilines is 2. The molecular weight excluding hydrogens is 461 g/mol. The number of nitrogens with zero attached hydrogens (tertiary/aromatic N) is 3. The van der Waals surface area contributed by atoms with Crippen molar-refractivity contribution in [1.82, 2.24) is 9.55 Å². The van der Waals surface area contributed by atoms with Crippen molar-refractivity contribution in [3.8, 4) is 0 Å². The number of fused-ring (bicyclic) bond motifs is 1. The number of carbonyl (C=O) groups excluding carboxylic acids is 1. The maximum atomic E-state index is 13.2. The Labute approximate surface area is 183 Å². The van der Waals surface area contributed by atoms with Gasteiger partial charge in [0.15, 0.2) is 0 Å². The predicted octanol–water partition coefficient (Wildman–Crippen LogP) is 6.75. The van der Waals surface area contributed by atoms with Gasteiger partial charge in [-0.05, 0) is 42.8 Å². The molecule has 4 rings (SSSR count). The second kappa shape index (κ2) is 8.68. The fourth-order valence-corrected chi connectivity index (χ4v) is 4.05. The molecule has 0 saturated heterocycles. The highest BCUT2D eigenvalue weighted by Crippen LogP contribution is 2.40. The van der Waals surface area contributed by atoms with Crippen LogP contribution in [0.3, 0.4) is 0 Å². The number of hydrogen-bond donors (Lipinski definition) is 0. The summed E-state index contributed by atoms with van der Waals surface area (Å²) in [6.07, 6.45) is 2.36. The monoisotopic (exact) mass is 479 g/mol. The summed E-state index contributed by atoms with van der Waals surface area (Å²) in [4.78, 5) is 19.3. The summed E-state index contributed by atoms with van der Waals surface area (Å²) in [5.74, 6) is 0.547. The van der Waals surface area contributed by atoms with Gasteiger partial charge in [-0.25, -0.2) is 9.88 Å². The summed E-state index contributed by atoms with van der Waals surface area (Å²) < 4.78 is 2.98. The summed E-state index contributed by atoms with van der Waals surface area (Å²) >= 11 is 15.7. The third kappa shape index (κ3) is 3.97. The molecular formula is C21H20BrCl2N3O. The number of amides is 1. The first kappa shape index (κ1) is 20.9. The highest BCUT2D eigenvalue weighted by Gasteiger charge is 2.40. The van der Waals surface area contributed by atoms with Gasteiger partial charge in [0.25, 0.3) is 5.91 Å². The average molecular weight is 481 g/mol. The van der Waals surface area contributed by atoms with Crippen LogP contribution in [0.2, 0.25) is 10.0 Å². The summed E-state index contributed by atoms with van der Waals surface area (Å²) in [5, 5.41) is 0.956. The Morgan fingerprint density at radius 1 is 1.07 bits per heavy atom. The highest BCUT2D eigenvalue weighted by atomic mass is 79.9. The number of rotatable bonds is 3. The van der Waals surface area contributed by atoms with Gasteiger partial charge in [0, 0.05) is 26.6 Å². The van der Waals surface area contributed by atoms with E-state index in [1.165, 1.54) is 0 Å². The maximum Gasteiger partial charge on any atom is 0.257 e. The van der Waals surface area contributed by atoms with Crippen molar-refractivity contribution in [3.63, 3.8) is 0 Å². The molecule has 1 aliphatic heterocycles. The third-order valence-corrected chi connectivity index (χ3v) is 5.39. The van der Waals surface area contributed by atoms with Crippen LogP contribution in [-0.2, 0) is 11.2 Å². The number of benzene rings is 2. The fourth-order valence-electron chi connectivity index (χ4n) is 3.28. The molecule has 0 saturated carbocycles. The van der Waals surface area contributed by atoms with Crippen molar-refractivity contribution < 1.29 is 4.79 Å². The minimum atomic E-state index is -0.355. The summed E-state index contributed by atoms with van der Waals surface area (Å²) in [6, 6.07) is 12.7. The van der Waals surface area contributed by atoms with Gasteiger partial charge in [-0.1, -0.05) is 65.1 Å². The number of aryl methyl sites for hydroxylation is 1. The van der Waals surface area contributed by atoms with Gasteiger partial charge in [0.2, 0.25) is 5.95 Å². The number of hydrogen-bond acceptors (Lipinski definition) is 2. The maximum absolute atomic E-state index is 13.2. The Morgan fingerprint density at radius 2 is 1.68 bits per heavy atom. The van der Waals surface area contributed by atoms with Crippen LogP contribution in [0.4, 0.5) is 11.6 Å². The minimum absolute atomic E-state index is 0.0440. The Bertz CT molecular complexity index is 981. The zero-order chi connectivity index (χ0) is 20.4. The van der Waals surface area contributed by atoms with Gasteiger partial charge < -0.3 is 4.57 Å². The predicted molar refractivity (Wildman–Crippen MR) is 119 cm³/mol. The molecule has 1 atom stereocenters. The van der Waals surface area contributed by atoms with E-state index in [4.69, 9.17) is 23.2 Å². The van der Waals surface area contributed by atoms with Crippen molar-refractivity contribution in [2.75, 3.05) is 4.90 Å². The molecule has 0 radical (unpaired) electrons. The van der Waals surface area contributed by atoms with Crippen LogP contribution >= 0.6 is 39.1 Å². The molecule has 7 heteroatoms. The van der Waals surface area contributed by atoms with Crippen LogP contribution in [0, 0.1) is 6.92 Å². The lowest BCUT2D eigenvalue weighted by Gasteiger charge is -2.16. The van der Waals surface area contributed by atoms with Crippen LogP contribution in [0.25, 0.3) is 0 Å². The van der Waals surface area contributed by atoms with Crippen LogP contribution in [0.5, 0.6) is 0 Å². The lowest BCUT2D eigenvalue weighted by Crippen LogP contribution is -2.26. The second-order valence-corrected chi connectivity index (χ2v) is 8.01. The van der Waals surface area contributed by atoms with E-state index in [1.807, 2.05) is 49.6 Å². The molecule has 2 heterocycles. The van der Waals surface area contributed by atoms with Gasteiger partial charge in [0.1, 0.15) is 6.04 Å². The Morgan fingerprint density at radius 3 is 2.29 bits per heavy atom. The van der Waals surface area contributed by atoms with E-state index >= 15 is 0 Å². The first-order chi connectivity index (χ1) is 13.4. The molecule has 1 amide bonds. The molecule has 0 bridgehead atoms. The van der Waals surface area contributed by atoms with E-state index < -0.39 is 0 Å². The van der Waals surface area contributed by atoms with Gasteiger partial charge in [0.05, 0.1) is 11.9 Å². The number of imidazole rings is 1. The molecule has 0 aliphatic carbocycles.